The molecule has 2 amide bonds. The standard InChI is InChI=1S/C24H33NO4/c1-2-3-4-5-6-7-8-13-22(26)29-19-16-14-18(15-17-19)25-23(27)20-11-9-10-12-21(20)24(25)28/h14-17,20-21H,2-13H2,1H3. The van der Waals surface area contributed by atoms with E-state index in [0.717, 1.165) is 38.5 Å². The van der Waals surface area contributed by atoms with Crippen LogP contribution in [0.3, 0.4) is 0 Å². The number of hydrogen-bond donors (Lipinski definition) is 0. The van der Waals surface area contributed by atoms with Crippen molar-refractivity contribution in [2.24, 2.45) is 11.8 Å². The lowest BCUT2D eigenvalue weighted by Crippen LogP contribution is -2.30. The molecule has 0 radical (unpaired) electrons. The van der Waals surface area contributed by atoms with Crippen LogP contribution < -0.4 is 9.64 Å². The van der Waals surface area contributed by atoms with Gasteiger partial charge in [-0.05, 0) is 43.5 Å². The predicted octanol–water partition coefficient (Wildman–Crippen LogP) is 5.41. The van der Waals surface area contributed by atoms with Gasteiger partial charge in [-0.2, -0.15) is 0 Å². The summed E-state index contributed by atoms with van der Waals surface area (Å²) in [7, 11) is 0. The molecule has 1 saturated heterocycles. The second kappa shape index (κ2) is 10.6. The zero-order chi connectivity index (χ0) is 20.6. The van der Waals surface area contributed by atoms with Crippen LogP contribution >= 0.6 is 0 Å². The average Bonchev–Trinajstić information content (AvgIpc) is 2.99. The molecule has 1 aromatic rings. The fraction of sp³-hybridized carbons (Fsp3) is 0.625. The van der Waals surface area contributed by atoms with Crippen LogP contribution in [0, 0.1) is 11.8 Å². The number of carbonyl (C=O) groups excluding carboxylic acids is 3. The normalized spacial score (nSPS) is 21.3. The molecule has 2 fully saturated rings. The maximum atomic E-state index is 12.7. The van der Waals surface area contributed by atoms with Crippen LogP contribution in [0.5, 0.6) is 5.75 Å². The smallest absolute Gasteiger partial charge is 0.311 e. The van der Waals surface area contributed by atoms with Crippen molar-refractivity contribution in [2.75, 3.05) is 4.90 Å². The lowest BCUT2D eigenvalue weighted by molar-refractivity contribution is -0.134. The highest BCUT2D eigenvalue weighted by Crippen LogP contribution is 2.40. The third-order valence-corrected chi connectivity index (χ3v) is 6.15. The maximum Gasteiger partial charge on any atom is 0.311 e. The highest BCUT2D eigenvalue weighted by Gasteiger charge is 2.48. The number of anilines is 1. The Morgan fingerprint density at radius 3 is 2.03 bits per heavy atom. The number of rotatable bonds is 10. The molecule has 0 spiro atoms. The lowest BCUT2D eigenvalue weighted by Gasteiger charge is -2.19. The van der Waals surface area contributed by atoms with Gasteiger partial charge in [-0.1, -0.05) is 58.3 Å². The van der Waals surface area contributed by atoms with Crippen LogP contribution in [0.25, 0.3) is 0 Å². The monoisotopic (exact) mass is 399 g/mol. The van der Waals surface area contributed by atoms with Crippen LogP contribution in [-0.2, 0) is 14.4 Å². The molecule has 5 nitrogen and oxygen atoms in total. The number of ether oxygens (including phenoxy) is 1. The van der Waals surface area contributed by atoms with E-state index in [1.54, 1.807) is 24.3 Å². The molecule has 158 valence electrons. The first-order valence-corrected chi connectivity index (χ1v) is 11.3. The Morgan fingerprint density at radius 1 is 0.897 bits per heavy atom. The van der Waals surface area contributed by atoms with Crippen molar-refractivity contribution in [3.8, 4) is 5.75 Å². The summed E-state index contributed by atoms with van der Waals surface area (Å²) in [4.78, 5) is 38.7. The van der Waals surface area contributed by atoms with Crippen molar-refractivity contribution in [1.82, 2.24) is 0 Å². The largest absolute Gasteiger partial charge is 0.427 e. The van der Waals surface area contributed by atoms with E-state index < -0.39 is 0 Å². The fourth-order valence-electron chi connectivity index (χ4n) is 4.49. The molecular formula is C24H33NO4. The first-order valence-electron chi connectivity index (χ1n) is 11.3. The first-order chi connectivity index (χ1) is 14.1. The average molecular weight is 400 g/mol. The van der Waals surface area contributed by atoms with Crippen molar-refractivity contribution in [1.29, 1.82) is 0 Å². The van der Waals surface area contributed by atoms with Gasteiger partial charge >= 0.3 is 5.97 Å². The molecule has 1 heterocycles. The van der Waals surface area contributed by atoms with Gasteiger partial charge in [0.15, 0.2) is 0 Å². The SMILES string of the molecule is CCCCCCCCCC(=O)Oc1ccc(N2C(=O)C3CCCCC3C2=O)cc1. The van der Waals surface area contributed by atoms with E-state index in [-0.39, 0.29) is 29.6 Å². The topological polar surface area (TPSA) is 63.7 Å². The summed E-state index contributed by atoms with van der Waals surface area (Å²) in [5.74, 6) is -0.248. The van der Waals surface area contributed by atoms with E-state index in [1.165, 1.54) is 37.0 Å². The minimum Gasteiger partial charge on any atom is -0.427 e. The van der Waals surface area contributed by atoms with E-state index in [2.05, 4.69) is 6.92 Å². The number of imide groups is 1. The van der Waals surface area contributed by atoms with E-state index >= 15 is 0 Å². The third kappa shape index (κ3) is 5.46. The minimum absolute atomic E-state index is 0.0802. The first kappa shape index (κ1) is 21.5. The van der Waals surface area contributed by atoms with Crippen LogP contribution in [0.15, 0.2) is 24.3 Å². The van der Waals surface area contributed by atoms with Crippen molar-refractivity contribution < 1.29 is 19.1 Å². The number of carbonyl (C=O) groups is 3. The third-order valence-electron chi connectivity index (χ3n) is 6.15. The van der Waals surface area contributed by atoms with Crippen LogP contribution in [0.4, 0.5) is 5.69 Å². The summed E-state index contributed by atoms with van der Waals surface area (Å²) in [6, 6.07) is 6.73. The fourth-order valence-corrected chi connectivity index (χ4v) is 4.49. The molecular weight excluding hydrogens is 366 g/mol. The molecule has 1 saturated carbocycles. The van der Waals surface area contributed by atoms with Gasteiger partial charge in [-0.15, -0.1) is 0 Å². The highest BCUT2D eigenvalue weighted by molar-refractivity contribution is 6.22. The molecule has 3 rings (SSSR count). The van der Waals surface area contributed by atoms with Gasteiger partial charge in [-0.3, -0.25) is 19.3 Å². The van der Waals surface area contributed by atoms with E-state index in [0.29, 0.717) is 17.9 Å². The molecule has 2 aliphatic rings. The Hall–Kier alpha value is -2.17. The number of nitrogens with zero attached hydrogens (tertiary/aromatic N) is 1. The van der Waals surface area contributed by atoms with Gasteiger partial charge in [0.2, 0.25) is 11.8 Å². The molecule has 29 heavy (non-hydrogen) atoms. The molecule has 2 unspecified atom stereocenters. The number of hydrogen-bond acceptors (Lipinski definition) is 4. The van der Waals surface area contributed by atoms with Gasteiger partial charge in [0.1, 0.15) is 5.75 Å². The molecule has 1 aliphatic carbocycles. The second-order valence-corrected chi connectivity index (χ2v) is 8.35. The molecule has 1 aromatic carbocycles. The van der Waals surface area contributed by atoms with Gasteiger partial charge in [-0.25, -0.2) is 0 Å². The predicted molar refractivity (Wildman–Crippen MR) is 113 cm³/mol. The Labute approximate surface area is 173 Å². The summed E-state index contributed by atoms with van der Waals surface area (Å²) in [5.41, 5.74) is 0.571. The number of unbranched alkanes of at least 4 members (excludes halogenated alkanes) is 6. The lowest BCUT2D eigenvalue weighted by atomic mass is 9.81. The van der Waals surface area contributed by atoms with E-state index in [9.17, 15) is 14.4 Å². The Morgan fingerprint density at radius 2 is 1.45 bits per heavy atom. The summed E-state index contributed by atoms with van der Waals surface area (Å²) < 4.78 is 5.40. The summed E-state index contributed by atoms with van der Waals surface area (Å²) in [6.45, 7) is 2.20. The number of fused-ring (bicyclic) bond motifs is 1. The van der Waals surface area contributed by atoms with Crippen molar-refractivity contribution in [3.05, 3.63) is 24.3 Å². The van der Waals surface area contributed by atoms with E-state index in [4.69, 9.17) is 4.74 Å². The Bertz CT molecular complexity index is 688. The molecule has 0 aromatic heterocycles. The number of esters is 1. The molecule has 5 heteroatoms. The molecule has 2 atom stereocenters. The quantitative estimate of drug-likeness (QED) is 0.228. The van der Waals surface area contributed by atoms with Crippen molar-refractivity contribution in [3.63, 3.8) is 0 Å². The molecule has 0 N–H and O–H groups in total. The van der Waals surface area contributed by atoms with Crippen LogP contribution in [0.1, 0.15) is 84.0 Å². The Kier molecular flexibility index (Phi) is 7.84. The highest BCUT2D eigenvalue weighted by atomic mass is 16.5. The molecule has 0 bridgehead atoms. The minimum atomic E-state index is -0.231. The van der Waals surface area contributed by atoms with Crippen LogP contribution in [-0.4, -0.2) is 17.8 Å². The number of benzene rings is 1. The van der Waals surface area contributed by atoms with E-state index in [1.807, 2.05) is 0 Å². The van der Waals surface area contributed by atoms with Gasteiger partial charge in [0.05, 0.1) is 17.5 Å². The van der Waals surface area contributed by atoms with Gasteiger partial charge in [0, 0.05) is 6.42 Å². The summed E-state index contributed by atoms with van der Waals surface area (Å²) >= 11 is 0. The van der Waals surface area contributed by atoms with Gasteiger partial charge in [0.25, 0.3) is 0 Å². The van der Waals surface area contributed by atoms with Crippen LogP contribution in [0.2, 0.25) is 0 Å². The van der Waals surface area contributed by atoms with Crippen molar-refractivity contribution in [2.45, 2.75) is 84.0 Å². The van der Waals surface area contributed by atoms with Crippen molar-refractivity contribution >= 4 is 23.5 Å². The summed E-state index contributed by atoms with van der Waals surface area (Å²) in [5, 5.41) is 0. The zero-order valence-electron chi connectivity index (χ0n) is 17.5. The Balaban J connectivity index is 1.46. The number of amides is 2. The van der Waals surface area contributed by atoms with Gasteiger partial charge < -0.3 is 4.74 Å². The zero-order valence-corrected chi connectivity index (χ0v) is 17.5. The molecule has 1 aliphatic heterocycles. The summed E-state index contributed by atoms with van der Waals surface area (Å²) in [6.07, 6.45) is 12.2. The maximum absolute atomic E-state index is 12.7. The second-order valence-electron chi connectivity index (χ2n) is 8.35.